The maximum atomic E-state index is 13.6. The van der Waals surface area contributed by atoms with Gasteiger partial charge in [0.2, 0.25) is 0 Å². The van der Waals surface area contributed by atoms with Gasteiger partial charge in [-0.1, -0.05) is 19.9 Å². The molecule has 1 atom stereocenters. The van der Waals surface area contributed by atoms with Crippen LogP contribution in [0.15, 0.2) is 18.2 Å². The normalized spacial score (nSPS) is 13.2. The highest BCUT2D eigenvalue weighted by Crippen LogP contribution is 2.31. The average Bonchev–Trinajstić information content (AvgIpc) is 2.28. The van der Waals surface area contributed by atoms with Crippen LogP contribution in [-0.4, -0.2) is 24.2 Å². The molecule has 4 nitrogen and oxygen atoms in total. The number of nitrogens with two attached hydrogens (primary N) is 1. The van der Waals surface area contributed by atoms with E-state index >= 15 is 0 Å². The fraction of sp³-hybridized carbons (Fsp3) is 0.462. The van der Waals surface area contributed by atoms with Crippen LogP contribution in [0.5, 0.6) is 5.75 Å². The Morgan fingerprint density at radius 2 is 2.17 bits per heavy atom. The van der Waals surface area contributed by atoms with Crippen molar-refractivity contribution in [2.75, 3.05) is 7.11 Å². The quantitative estimate of drug-likeness (QED) is 0.843. The molecular weight excluding hydrogens is 237 g/mol. The summed E-state index contributed by atoms with van der Waals surface area (Å²) in [6.07, 6.45) is 0.230. The number of carbonyl (C=O) groups is 1. The minimum absolute atomic E-state index is 0.164. The van der Waals surface area contributed by atoms with E-state index in [0.717, 1.165) is 0 Å². The van der Waals surface area contributed by atoms with E-state index in [9.17, 15) is 9.18 Å². The number of ether oxygens (including phenoxy) is 1. The van der Waals surface area contributed by atoms with Gasteiger partial charge in [0.1, 0.15) is 6.04 Å². The van der Waals surface area contributed by atoms with Crippen LogP contribution in [-0.2, 0) is 10.2 Å². The largest absolute Gasteiger partial charge is 0.494 e. The zero-order chi connectivity index (χ0) is 13.9. The first-order valence-electron chi connectivity index (χ1n) is 5.60. The molecule has 5 heteroatoms. The third-order valence-electron chi connectivity index (χ3n) is 2.98. The van der Waals surface area contributed by atoms with Crippen molar-refractivity contribution in [2.45, 2.75) is 31.7 Å². The van der Waals surface area contributed by atoms with Crippen LogP contribution in [0, 0.1) is 5.82 Å². The second-order valence-corrected chi connectivity index (χ2v) is 4.88. The molecule has 18 heavy (non-hydrogen) atoms. The number of aliphatic carboxylic acids is 1. The lowest BCUT2D eigenvalue weighted by atomic mass is 9.79. The van der Waals surface area contributed by atoms with E-state index in [1.54, 1.807) is 6.07 Å². The van der Waals surface area contributed by atoms with Crippen LogP contribution in [0.4, 0.5) is 4.39 Å². The molecule has 0 fully saturated rings. The van der Waals surface area contributed by atoms with Crippen LogP contribution in [0.3, 0.4) is 0 Å². The monoisotopic (exact) mass is 255 g/mol. The lowest BCUT2D eigenvalue weighted by Crippen LogP contribution is -2.36. The van der Waals surface area contributed by atoms with E-state index in [1.165, 1.54) is 19.2 Å². The Labute approximate surface area is 106 Å². The molecule has 0 aliphatic rings. The first-order chi connectivity index (χ1) is 8.27. The maximum absolute atomic E-state index is 13.6. The summed E-state index contributed by atoms with van der Waals surface area (Å²) in [5, 5.41) is 8.81. The Morgan fingerprint density at radius 3 is 2.61 bits per heavy atom. The molecule has 0 heterocycles. The van der Waals surface area contributed by atoms with Gasteiger partial charge in [0.05, 0.1) is 7.11 Å². The summed E-state index contributed by atoms with van der Waals surface area (Å²) in [7, 11) is 1.39. The summed E-state index contributed by atoms with van der Waals surface area (Å²) in [5.74, 6) is -1.36. The van der Waals surface area contributed by atoms with Crippen molar-refractivity contribution >= 4 is 5.97 Å². The number of rotatable bonds is 5. The fourth-order valence-electron chi connectivity index (χ4n) is 1.84. The van der Waals surface area contributed by atoms with Gasteiger partial charge in [0.25, 0.3) is 0 Å². The lowest BCUT2D eigenvalue weighted by molar-refractivity contribution is -0.139. The molecule has 1 unspecified atom stereocenters. The summed E-state index contributed by atoms with van der Waals surface area (Å²) in [4.78, 5) is 10.8. The number of carboxylic acids is 1. The lowest BCUT2D eigenvalue weighted by Gasteiger charge is -2.27. The molecule has 0 amide bonds. The number of hydrogen-bond donors (Lipinski definition) is 2. The van der Waals surface area contributed by atoms with Gasteiger partial charge in [-0.15, -0.1) is 0 Å². The molecule has 0 aliphatic heterocycles. The van der Waals surface area contributed by atoms with Crippen molar-refractivity contribution in [1.82, 2.24) is 0 Å². The van der Waals surface area contributed by atoms with Crippen LogP contribution >= 0.6 is 0 Å². The summed E-state index contributed by atoms with van der Waals surface area (Å²) in [6, 6.07) is 3.63. The van der Waals surface area contributed by atoms with Gasteiger partial charge in [0, 0.05) is 0 Å². The fourth-order valence-corrected chi connectivity index (χ4v) is 1.84. The minimum Gasteiger partial charge on any atom is -0.494 e. The Kier molecular flexibility index (Phi) is 4.29. The number of halogens is 1. The number of carboxylic acid groups (broad SMARTS) is 1. The Morgan fingerprint density at radius 1 is 1.56 bits per heavy atom. The zero-order valence-corrected chi connectivity index (χ0v) is 10.7. The average molecular weight is 255 g/mol. The minimum atomic E-state index is -1.06. The van der Waals surface area contributed by atoms with Gasteiger partial charge in [-0.05, 0) is 29.5 Å². The van der Waals surface area contributed by atoms with E-state index in [1.807, 2.05) is 13.8 Å². The molecule has 0 saturated carbocycles. The van der Waals surface area contributed by atoms with Crippen molar-refractivity contribution in [3.63, 3.8) is 0 Å². The highest BCUT2D eigenvalue weighted by atomic mass is 19.1. The van der Waals surface area contributed by atoms with Crippen LogP contribution in [0.25, 0.3) is 0 Å². The van der Waals surface area contributed by atoms with Crippen molar-refractivity contribution in [1.29, 1.82) is 0 Å². The molecule has 1 rings (SSSR count). The van der Waals surface area contributed by atoms with Crippen molar-refractivity contribution in [3.05, 3.63) is 29.6 Å². The molecule has 0 aliphatic carbocycles. The summed E-state index contributed by atoms with van der Waals surface area (Å²) >= 11 is 0. The summed E-state index contributed by atoms with van der Waals surface area (Å²) in [5.41, 5.74) is 5.69. The number of benzene rings is 1. The third-order valence-corrected chi connectivity index (χ3v) is 2.98. The van der Waals surface area contributed by atoms with Crippen LogP contribution in [0.1, 0.15) is 25.8 Å². The number of hydrogen-bond acceptors (Lipinski definition) is 3. The van der Waals surface area contributed by atoms with Crippen LogP contribution < -0.4 is 10.5 Å². The van der Waals surface area contributed by atoms with E-state index in [4.69, 9.17) is 15.6 Å². The van der Waals surface area contributed by atoms with E-state index in [2.05, 4.69) is 0 Å². The Bertz CT molecular complexity index is 446. The second kappa shape index (κ2) is 5.35. The van der Waals surface area contributed by atoms with Gasteiger partial charge in [-0.3, -0.25) is 4.79 Å². The highest BCUT2D eigenvalue weighted by Gasteiger charge is 2.27. The summed E-state index contributed by atoms with van der Waals surface area (Å²) in [6.45, 7) is 3.66. The number of methoxy groups -OCH3 is 1. The van der Waals surface area contributed by atoms with Gasteiger partial charge in [-0.2, -0.15) is 0 Å². The highest BCUT2D eigenvalue weighted by molar-refractivity contribution is 5.73. The molecule has 0 bridgehead atoms. The van der Waals surface area contributed by atoms with Gasteiger partial charge >= 0.3 is 5.97 Å². The predicted octanol–water partition coefficient (Wildman–Crippen LogP) is 1.91. The molecule has 0 saturated heterocycles. The van der Waals surface area contributed by atoms with Crippen LogP contribution in [0.2, 0.25) is 0 Å². The standard InChI is InChI=1S/C13H18FNO3/c1-13(2,7-10(15)12(16)17)8-4-5-11(18-3)9(14)6-8/h4-6,10H,7,15H2,1-3H3,(H,16,17). The third kappa shape index (κ3) is 3.20. The summed E-state index contributed by atoms with van der Waals surface area (Å²) < 4.78 is 18.4. The smallest absolute Gasteiger partial charge is 0.320 e. The molecule has 1 aromatic carbocycles. The van der Waals surface area contributed by atoms with E-state index in [-0.39, 0.29) is 12.2 Å². The van der Waals surface area contributed by atoms with Crippen molar-refractivity contribution < 1.29 is 19.0 Å². The van der Waals surface area contributed by atoms with Crippen molar-refractivity contribution in [2.24, 2.45) is 5.73 Å². The topological polar surface area (TPSA) is 72.5 Å². The Balaban J connectivity index is 2.97. The first-order valence-corrected chi connectivity index (χ1v) is 5.60. The first kappa shape index (κ1) is 14.4. The maximum Gasteiger partial charge on any atom is 0.320 e. The SMILES string of the molecule is COc1ccc(C(C)(C)CC(N)C(=O)O)cc1F. The van der Waals surface area contributed by atoms with Gasteiger partial charge < -0.3 is 15.6 Å². The zero-order valence-electron chi connectivity index (χ0n) is 10.7. The van der Waals surface area contributed by atoms with Gasteiger partial charge in [0.15, 0.2) is 11.6 Å². The molecule has 1 aromatic rings. The second-order valence-electron chi connectivity index (χ2n) is 4.88. The molecule has 0 radical (unpaired) electrons. The molecule has 3 N–H and O–H groups in total. The molecule has 0 aromatic heterocycles. The Hall–Kier alpha value is -1.62. The van der Waals surface area contributed by atoms with E-state index in [0.29, 0.717) is 5.56 Å². The molecular formula is C13H18FNO3. The van der Waals surface area contributed by atoms with E-state index < -0.39 is 23.2 Å². The van der Waals surface area contributed by atoms with Gasteiger partial charge in [-0.25, -0.2) is 4.39 Å². The van der Waals surface area contributed by atoms with Crippen molar-refractivity contribution in [3.8, 4) is 5.75 Å². The molecule has 100 valence electrons. The molecule has 0 spiro atoms. The predicted molar refractivity (Wildman–Crippen MR) is 66.2 cm³/mol.